The highest BCUT2D eigenvalue weighted by Crippen LogP contribution is 2.19. The smallest absolute Gasteiger partial charge is 0.137 e. The molecule has 1 atom stereocenters. The highest BCUT2D eigenvalue weighted by Gasteiger charge is 2.14. The van der Waals surface area contributed by atoms with Gasteiger partial charge in [0.2, 0.25) is 0 Å². The maximum absolute atomic E-state index is 5.99. The minimum atomic E-state index is 0.368. The normalized spacial score (nSPS) is 18.6. The fraction of sp³-hybridized carbons (Fsp3) is 0.692. The Hall–Kier alpha value is -0.870. The van der Waals surface area contributed by atoms with Gasteiger partial charge in [-0.2, -0.15) is 0 Å². The molecule has 0 radical (unpaired) electrons. The summed E-state index contributed by atoms with van der Waals surface area (Å²) in [5.41, 5.74) is 0.921. The molecule has 5 heteroatoms. The maximum atomic E-state index is 5.99. The molecular weight excluding hydrogens is 248 g/mol. The molecule has 1 N–H and O–H groups in total. The van der Waals surface area contributed by atoms with E-state index < -0.39 is 0 Å². The SMILES string of the molecule is Cc1c(Cl)ncnc1NC(C)CN1CCCCC1. The fourth-order valence-corrected chi connectivity index (χ4v) is 2.52. The van der Waals surface area contributed by atoms with Gasteiger partial charge in [-0.1, -0.05) is 18.0 Å². The van der Waals surface area contributed by atoms with Gasteiger partial charge >= 0.3 is 0 Å². The Bertz CT molecular complexity index is 391. The lowest BCUT2D eigenvalue weighted by atomic mass is 10.1. The molecule has 1 aliphatic rings. The zero-order valence-corrected chi connectivity index (χ0v) is 11.9. The van der Waals surface area contributed by atoms with Gasteiger partial charge < -0.3 is 10.2 Å². The van der Waals surface area contributed by atoms with Crippen LogP contribution in [-0.2, 0) is 0 Å². The van der Waals surface area contributed by atoms with Crippen molar-refractivity contribution < 1.29 is 0 Å². The molecule has 4 nitrogen and oxygen atoms in total. The van der Waals surface area contributed by atoms with Crippen LogP contribution in [0.25, 0.3) is 0 Å². The van der Waals surface area contributed by atoms with Gasteiger partial charge in [0.1, 0.15) is 17.3 Å². The van der Waals surface area contributed by atoms with Crippen LogP contribution in [0, 0.1) is 6.92 Å². The van der Waals surface area contributed by atoms with Gasteiger partial charge in [-0.15, -0.1) is 0 Å². The summed E-state index contributed by atoms with van der Waals surface area (Å²) in [4.78, 5) is 10.7. The van der Waals surface area contributed by atoms with Gasteiger partial charge in [-0.05, 0) is 39.8 Å². The largest absolute Gasteiger partial charge is 0.366 e. The molecule has 2 rings (SSSR count). The van der Waals surface area contributed by atoms with E-state index in [-0.39, 0.29) is 0 Å². The van der Waals surface area contributed by atoms with Crippen LogP contribution >= 0.6 is 11.6 Å². The van der Waals surface area contributed by atoms with Crippen LogP contribution in [0.15, 0.2) is 6.33 Å². The van der Waals surface area contributed by atoms with E-state index in [1.807, 2.05) is 6.92 Å². The van der Waals surface area contributed by atoms with Gasteiger partial charge in [0, 0.05) is 18.2 Å². The van der Waals surface area contributed by atoms with Crippen molar-refractivity contribution in [3.8, 4) is 0 Å². The third-order valence-corrected chi connectivity index (χ3v) is 3.77. The Morgan fingerprint density at radius 2 is 2.06 bits per heavy atom. The third kappa shape index (κ3) is 3.56. The van der Waals surface area contributed by atoms with Crippen molar-refractivity contribution in [2.45, 2.75) is 39.2 Å². The molecule has 1 aromatic rings. The molecule has 1 aromatic heterocycles. The van der Waals surface area contributed by atoms with Crippen LogP contribution < -0.4 is 5.32 Å². The lowest BCUT2D eigenvalue weighted by Gasteiger charge is -2.29. The standard InChI is InChI=1S/C13H21ClN4/c1-10(8-18-6-4-3-5-7-18)17-13-11(2)12(14)15-9-16-13/h9-10H,3-8H2,1-2H3,(H,15,16,17). The summed E-state index contributed by atoms with van der Waals surface area (Å²) in [5.74, 6) is 0.847. The maximum Gasteiger partial charge on any atom is 0.137 e. The number of piperidine rings is 1. The summed E-state index contributed by atoms with van der Waals surface area (Å²) in [5, 5.41) is 3.95. The number of aromatic nitrogens is 2. The highest BCUT2D eigenvalue weighted by molar-refractivity contribution is 6.30. The minimum absolute atomic E-state index is 0.368. The molecule has 0 saturated carbocycles. The van der Waals surface area contributed by atoms with Crippen molar-refractivity contribution >= 4 is 17.4 Å². The number of halogens is 1. The van der Waals surface area contributed by atoms with Gasteiger partial charge in [-0.3, -0.25) is 0 Å². The van der Waals surface area contributed by atoms with Crippen LogP contribution in [0.3, 0.4) is 0 Å². The molecule has 0 aliphatic carbocycles. The summed E-state index contributed by atoms with van der Waals surface area (Å²) in [7, 11) is 0. The Morgan fingerprint density at radius 3 is 2.78 bits per heavy atom. The Balaban J connectivity index is 1.90. The summed E-state index contributed by atoms with van der Waals surface area (Å²) < 4.78 is 0. The quantitative estimate of drug-likeness (QED) is 0.853. The zero-order valence-electron chi connectivity index (χ0n) is 11.1. The average Bonchev–Trinajstić information content (AvgIpc) is 2.36. The second-order valence-electron chi connectivity index (χ2n) is 5.04. The first-order valence-electron chi connectivity index (χ1n) is 6.63. The Morgan fingerprint density at radius 1 is 1.33 bits per heavy atom. The summed E-state index contributed by atoms with van der Waals surface area (Å²) in [6, 6.07) is 0.368. The van der Waals surface area contributed by atoms with Crippen molar-refractivity contribution in [1.29, 1.82) is 0 Å². The predicted molar refractivity (Wildman–Crippen MR) is 75.2 cm³/mol. The molecule has 0 amide bonds. The van der Waals surface area contributed by atoms with Crippen LogP contribution in [0.1, 0.15) is 31.7 Å². The van der Waals surface area contributed by atoms with Crippen molar-refractivity contribution in [3.05, 3.63) is 17.0 Å². The zero-order chi connectivity index (χ0) is 13.0. The number of nitrogens with zero attached hydrogens (tertiary/aromatic N) is 3. The Kier molecular flexibility index (Phi) is 4.78. The molecule has 0 spiro atoms. The van der Waals surface area contributed by atoms with Gasteiger partial charge in [0.15, 0.2) is 0 Å². The van der Waals surface area contributed by atoms with Crippen molar-refractivity contribution in [3.63, 3.8) is 0 Å². The van der Waals surface area contributed by atoms with E-state index in [0.29, 0.717) is 11.2 Å². The average molecular weight is 269 g/mol. The molecule has 0 bridgehead atoms. The summed E-state index contributed by atoms with van der Waals surface area (Å²) in [6.07, 6.45) is 5.53. The van der Waals surface area contributed by atoms with Crippen molar-refractivity contribution in [1.82, 2.24) is 14.9 Å². The number of rotatable bonds is 4. The van der Waals surface area contributed by atoms with Gasteiger partial charge in [-0.25, -0.2) is 9.97 Å². The first-order chi connectivity index (χ1) is 8.66. The van der Waals surface area contributed by atoms with E-state index in [1.165, 1.54) is 38.7 Å². The molecule has 0 aromatic carbocycles. The first-order valence-corrected chi connectivity index (χ1v) is 7.00. The van der Waals surface area contributed by atoms with Crippen molar-refractivity contribution in [2.75, 3.05) is 25.0 Å². The Labute approximate surface area is 114 Å². The highest BCUT2D eigenvalue weighted by atomic mass is 35.5. The van der Waals surface area contributed by atoms with E-state index in [2.05, 4.69) is 27.1 Å². The van der Waals surface area contributed by atoms with Crippen LogP contribution in [0.2, 0.25) is 5.15 Å². The van der Waals surface area contributed by atoms with E-state index >= 15 is 0 Å². The topological polar surface area (TPSA) is 41.1 Å². The monoisotopic (exact) mass is 268 g/mol. The molecule has 1 unspecified atom stereocenters. The second-order valence-corrected chi connectivity index (χ2v) is 5.40. The summed E-state index contributed by atoms with van der Waals surface area (Å²) >= 11 is 5.99. The second kappa shape index (κ2) is 6.34. The molecule has 100 valence electrons. The number of nitrogens with one attached hydrogen (secondary N) is 1. The number of anilines is 1. The molecule has 2 heterocycles. The third-order valence-electron chi connectivity index (χ3n) is 3.39. The van der Waals surface area contributed by atoms with E-state index in [9.17, 15) is 0 Å². The molecule has 1 fully saturated rings. The lowest BCUT2D eigenvalue weighted by Crippen LogP contribution is -2.38. The molecule has 1 aliphatic heterocycles. The van der Waals surface area contributed by atoms with E-state index in [0.717, 1.165) is 17.9 Å². The van der Waals surface area contributed by atoms with E-state index in [4.69, 9.17) is 11.6 Å². The predicted octanol–water partition coefficient (Wildman–Crippen LogP) is 2.72. The number of hydrogen-bond acceptors (Lipinski definition) is 4. The lowest BCUT2D eigenvalue weighted by molar-refractivity contribution is 0.223. The van der Waals surface area contributed by atoms with Crippen LogP contribution in [0.5, 0.6) is 0 Å². The van der Waals surface area contributed by atoms with E-state index in [1.54, 1.807) is 0 Å². The van der Waals surface area contributed by atoms with Gasteiger partial charge in [0.05, 0.1) is 0 Å². The fourth-order valence-electron chi connectivity index (χ4n) is 2.38. The van der Waals surface area contributed by atoms with Crippen molar-refractivity contribution in [2.24, 2.45) is 0 Å². The minimum Gasteiger partial charge on any atom is -0.366 e. The molecular formula is C13H21ClN4. The van der Waals surface area contributed by atoms with Crippen LogP contribution in [-0.4, -0.2) is 40.5 Å². The molecule has 1 saturated heterocycles. The van der Waals surface area contributed by atoms with Gasteiger partial charge in [0.25, 0.3) is 0 Å². The summed E-state index contributed by atoms with van der Waals surface area (Å²) in [6.45, 7) is 7.62. The number of hydrogen-bond donors (Lipinski definition) is 1. The molecule has 18 heavy (non-hydrogen) atoms. The van der Waals surface area contributed by atoms with Crippen LogP contribution in [0.4, 0.5) is 5.82 Å². The number of likely N-dealkylation sites (tertiary alicyclic amines) is 1. The first kappa shape index (κ1) is 13.6.